The summed E-state index contributed by atoms with van der Waals surface area (Å²) in [5, 5.41) is 0. The number of hydrogen-bond donors (Lipinski definition) is 0. The lowest BCUT2D eigenvalue weighted by atomic mass is 10.1. The van der Waals surface area contributed by atoms with Crippen molar-refractivity contribution in [2.24, 2.45) is 0 Å². The molecule has 1 aromatic rings. The van der Waals surface area contributed by atoms with Gasteiger partial charge >= 0.3 is 0 Å². The average Bonchev–Trinajstić information content (AvgIpc) is 2.16. The van der Waals surface area contributed by atoms with E-state index in [0.717, 1.165) is 5.57 Å². The van der Waals surface area contributed by atoms with Crippen molar-refractivity contribution in [1.82, 2.24) is 4.98 Å². The van der Waals surface area contributed by atoms with Gasteiger partial charge in [0, 0.05) is 11.8 Å². The van der Waals surface area contributed by atoms with Gasteiger partial charge in [0.1, 0.15) is 5.75 Å². The Morgan fingerprint density at radius 3 is 2.62 bits per heavy atom. The molecule has 0 saturated heterocycles. The first-order chi connectivity index (χ1) is 7.49. The molecular weight excluding hydrogens is 202 g/mol. The zero-order valence-electron chi connectivity index (χ0n) is 10.2. The summed E-state index contributed by atoms with van der Waals surface area (Å²) >= 11 is 0. The molecule has 0 aliphatic rings. The molecule has 0 fully saturated rings. The molecule has 0 saturated carbocycles. The van der Waals surface area contributed by atoms with Crippen molar-refractivity contribution in [1.29, 1.82) is 0 Å². The second-order valence-corrected chi connectivity index (χ2v) is 4.16. The van der Waals surface area contributed by atoms with Gasteiger partial charge in [-0.05, 0) is 39.8 Å². The van der Waals surface area contributed by atoms with Gasteiger partial charge in [0.15, 0.2) is 5.78 Å². The quantitative estimate of drug-likeness (QED) is 0.577. The van der Waals surface area contributed by atoms with Gasteiger partial charge in [0.2, 0.25) is 0 Å². The van der Waals surface area contributed by atoms with Crippen molar-refractivity contribution in [3.05, 3.63) is 35.7 Å². The fourth-order valence-corrected chi connectivity index (χ4v) is 1.24. The van der Waals surface area contributed by atoms with Gasteiger partial charge in [-0.1, -0.05) is 5.57 Å². The van der Waals surface area contributed by atoms with Gasteiger partial charge in [-0.25, -0.2) is 0 Å². The molecule has 3 heteroatoms. The third-order valence-corrected chi connectivity index (χ3v) is 1.79. The number of aromatic nitrogens is 1. The van der Waals surface area contributed by atoms with Crippen LogP contribution in [0.2, 0.25) is 0 Å². The SMILES string of the molecule is CC(C)=CC(=O)c1cncc(OC(C)C)c1. The van der Waals surface area contributed by atoms with E-state index in [-0.39, 0.29) is 11.9 Å². The Bertz CT molecular complexity index is 404. The van der Waals surface area contributed by atoms with Crippen LogP contribution in [0.5, 0.6) is 5.75 Å². The zero-order valence-corrected chi connectivity index (χ0v) is 10.2. The summed E-state index contributed by atoms with van der Waals surface area (Å²) in [6.45, 7) is 7.65. The van der Waals surface area contributed by atoms with Crippen molar-refractivity contribution < 1.29 is 9.53 Å². The highest BCUT2D eigenvalue weighted by Gasteiger charge is 2.05. The topological polar surface area (TPSA) is 39.2 Å². The number of carbonyl (C=O) groups excluding carboxylic acids is 1. The van der Waals surface area contributed by atoms with E-state index >= 15 is 0 Å². The minimum atomic E-state index is -0.0401. The van der Waals surface area contributed by atoms with Crippen molar-refractivity contribution in [2.45, 2.75) is 33.8 Å². The van der Waals surface area contributed by atoms with E-state index in [4.69, 9.17) is 4.74 Å². The molecule has 0 atom stereocenters. The highest BCUT2D eigenvalue weighted by Crippen LogP contribution is 2.14. The molecule has 86 valence electrons. The summed E-state index contributed by atoms with van der Waals surface area (Å²) in [5.74, 6) is 0.588. The zero-order chi connectivity index (χ0) is 12.1. The normalized spacial score (nSPS) is 10.1. The molecular formula is C13H17NO2. The van der Waals surface area contributed by atoms with E-state index in [1.165, 1.54) is 0 Å². The molecule has 0 bridgehead atoms. The summed E-state index contributed by atoms with van der Waals surface area (Å²) in [7, 11) is 0. The van der Waals surface area contributed by atoms with E-state index < -0.39 is 0 Å². The number of ketones is 1. The van der Waals surface area contributed by atoms with Crippen molar-refractivity contribution in [3.8, 4) is 5.75 Å². The minimum absolute atomic E-state index is 0.0401. The number of rotatable bonds is 4. The predicted molar refractivity (Wildman–Crippen MR) is 63.8 cm³/mol. The molecule has 0 radical (unpaired) electrons. The number of allylic oxidation sites excluding steroid dienone is 2. The molecule has 3 nitrogen and oxygen atoms in total. The standard InChI is InChI=1S/C13H17NO2/c1-9(2)5-13(15)11-6-12(8-14-7-11)16-10(3)4/h5-8,10H,1-4H3. The molecule has 0 aliphatic carbocycles. The summed E-state index contributed by atoms with van der Waals surface area (Å²) in [6, 6.07) is 1.72. The van der Waals surface area contributed by atoms with Gasteiger partial charge < -0.3 is 4.74 Å². The highest BCUT2D eigenvalue weighted by atomic mass is 16.5. The molecule has 0 amide bonds. The molecule has 1 aromatic heterocycles. The molecule has 0 aromatic carbocycles. The van der Waals surface area contributed by atoms with E-state index in [9.17, 15) is 4.79 Å². The predicted octanol–water partition coefficient (Wildman–Crippen LogP) is 3.02. The third-order valence-electron chi connectivity index (χ3n) is 1.79. The Morgan fingerprint density at radius 1 is 1.38 bits per heavy atom. The van der Waals surface area contributed by atoms with Crippen LogP contribution in [-0.4, -0.2) is 16.9 Å². The Hall–Kier alpha value is -1.64. The number of carbonyl (C=O) groups is 1. The Balaban J connectivity index is 2.90. The lowest BCUT2D eigenvalue weighted by Gasteiger charge is -2.09. The number of hydrogen-bond acceptors (Lipinski definition) is 3. The van der Waals surface area contributed by atoms with Crippen LogP contribution >= 0.6 is 0 Å². The first kappa shape index (κ1) is 12.4. The maximum Gasteiger partial charge on any atom is 0.187 e. The summed E-state index contributed by atoms with van der Waals surface area (Å²) in [5.41, 5.74) is 1.53. The van der Waals surface area contributed by atoms with Crippen LogP contribution in [0.15, 0.2) is 30.1 Å². The first-order valence-corrected chi connectivity index (χ1v) is 5.30. The molecule has 0 N–H and O–H groups in total. The van der Waals surface area contributed by atoms with E-state index in [1.807, 2.05) is 27.7 Å². The molecule has 0 aliphatic heterocycles. The van der Waals surface area contributed by atoms with Gasteiger partial charge in [-0.15, -0.1) is 0 Å². The molecule has 0 spiro atoms. The lowest BCUT2D eigenvalue weighted by molar-refractivity contribution is 0.104. The number of pyridine rings is 1. The Morgan fingerprint density at radius 2 is 2.06 bits per heavy atom. The second kappa shape index (κ2) is 5.45. The maximum absolute atomic E-state index is 11.7. The Kier molecular flexibility index (Phi) is 4.23. The summed E-state index contributed by atoms with van der Waals surface area (Å²) < 4.78 is 5.47. The average molecular weight is 219 g/mol. The Labute approximate surface area is 96.2 Å². The van der Waals surface area contributed by atoms with E-state index in [0.29, 0.717) is 11.3 Å². The van der Waals surface area contributed by atoms with Crippen LogP contribution in [-0.2, 0) is 0 Å². The van der Waals surface area contributed by atoms with Crippen molar-refractivity contribution in [3.63, 3.8) is 0 Å². The summed E-state index contributed by atoms with van der Waals surface area (Å²) in [6.07, 6.45) is 4.83. The molecule has 1 rings (SSSR count). The van der Waals surface area contributed by atoms with Crippen LogP contribution in [0.3, 0.4) is 0 Å². The van der Waals surface area contributed by atoms with E-state index in [2.05, 4.69) is 4.98 Å². The van der Waals surface area contributed by atoms with Crippen LogP contribution < -0.4 is 4.74 Å². The summed E-state index contributed by atoms with van der Waals surface area (Å²) in [4.78, 5) is 15.7. The monoisotopic (exact) mass is 219 g/mol. The van der Waals surface area contributed by atoms with Crippen LogP contribution in [0, 0.1) is 0 Å². The van der Waals surface area contributed by atoms with Crippen LogP contribution in [0.4, 0.5) is 0 Å². The third kappa shape index (κ3) is 3.85. The molecule has 0 unspecified atom stereocenters. The smallest absolute Gasteiger partial charge is 0.187 e. The largest absolute Gasteiger partial charge is 0.489 e. The maximum atomic E-state index is 11.7. The van der Waals surface area contributed by atoms with Crippen LogP contribution in [0.25, 0.3) is 0 Å². The molecule has 1 heterocycles. The fraction of sp³-hybridized carbons (Fsp3) is 0.385. The van der Waals surface area contributed by atoms with Crippen molar-refractivity contribution >= 4 is 5.78 Å². The number of ether oxygens (including phenoxy) is 1. The van der Waals surface area contributed by atoms with Gasteiger partial charge in [0.25, 0.3) is 0 Å². The minimum Gasteiger partial charge on any atom is -0.489 e. The van der Waals surface area contributed by atoms with Gasteiger partial charge in [-0.3, -0.25) is 9.78 Å². The fourth-order valence-electron chi connectivity index (χ4n) is 1.24. The number of nitrogens with zero attached hydrogens (tertiary/aromatic N) is 1. The first-order valence-electron chi connectivity index (χ1n) is 5.30. The molecule has 16 heavy (non-hydrogen) atoms. The van der Waals surface area contributed by atoms with E-state index in [1.54, 1.807) is 24.5 Å². The second-order valence-electron chi connectivity index (χ2n) is 4.16. The van der Waals surface area contributed by atoms with Crippen molar-refractivity contribution in [2.75, 3.05) is 0 Å². The van der Waals surface area contributed by atoms with Crippen LogP contribution in [0.1, 0.15) is 38.1 Å². The van der Waals surface area contributed by atoms with Gasteiger partial charge in [-0.2, -0.15) is 0 Å². The lowest BCUT2D eigenvalue weighted by Crippen LogP contribution is -2.06. The highest BCUT2D eigenvalue weighted by molar-refractivity contribution is 6.04. The van der Waals surface area contributed by atoms with Gasteiger partial charge in [0.05, 0.1) is 12.3 Å².